The third-order valence-electron chi connectivity index (χ3n) is 2.67. The number of aliphatic hydroxyl groups excluding tert-OH is 1. The molecule has 0 aliphatic heterocycles. The fourth-order valence-electron chi connectivity index (χ4n) is 1.47. The molecule has 3 nitrogen and oxygen atoms in total. The Labute approximate surface area is 109 Å². The molecule has 0 unspecified atom stereocenters. The number of carbonyl (C=O) groups is 1. The molecular formula is C13H16F3NO2. The van der Waals surface area contributed by atoms with Gasteiger partial charge in [0.15, 0.2) is 0 Å². The number of anilines is 1. The van der Waals surface area contributed by atoms with Crippen LogP contribution in [0.15, 0.2) is 24.3 Å². The average molecular weight is 275 g/mol. The SMILES string of the molecule is CC[C@H](O)CCC(=O)Nc1ccc(C(F)(F)F)cc1. The van der Waals surface area contributed by atoms with E-state index in [1.807, 2.05) is 0 Å². The number of nitrogens with one attached hydrogen (secondary N) is 1. The van der Waals surface area contributed by atoms with Crippen molar-refractivity contribution in [3.05, 3.63) is 29.8 Å². The maximum atomic E-state index is 12.3. The number of aliphatic hydroxyl groups is 1. The molecule has 0 spiro atoms. The van der Waals surface area contributed by atoms with Crippen LogP contribution in [0.5, 0.6) is 0 Å². The van der Waals surface area contributed by atoms with Gasteiger partial charge in [-0.2, -0.15) is 13.2 Å². The predicted molar refractivity (Wildman–Crippen MR) is 65.6 cm³/mol. The number of hydrogen-bond acceptors (Lipinski definition) is 2. The maximum Gasteiger partial charge on any atom is 0.416 e. The Morgan fingerprint density at radius 2 is 1.89 bits per heavy atom. The van der Waals surface area contributed by atoms with E-state index in [2.05, 4.69) is 5.32 Å². The highest BCUT2D eigenvalue weighted by molar-refractivity contribution is 5.90. The summed E-state index contributed by atoms with van der Waals surface area (Å²) in [6, 6.07) is 4.24. The number of hydrogen-bond donors (Lipinski definition) is 2. The molecule has 1 atom stereocenters. The third-order valence-corrected chi connectivity index (χ3v) is 2.67. The van der Waals surface area contributed by atoms with Crippen molar-refractivity contribution in [2.75, 3.05) is 5.32 Å². The van der Waals surface area contributed by atoms with Crippen molar-refractivity contribution in [2.24, 2.45) is 0 Å². The van der Waals surface area contributed by atoms with E-state index < -0.39 is 17.8 Å². The Kier molecular flexibility index (Phi) is 5.35. The van der Waals surface area contributed by atoms with Gasteiger partial charge in [-0.25, -0.2) is 0 Å². The van der Waals surface area contributed by atoms with E-state index in [-0.39, 0.29) is 12.3 Å². The second-order valence-electron chi connectivity index (χ2n) is 4.22. The molecule has 0 bridgehead atoms. The Morgan fingerprint density at radius 3 is 2.37 bits per heavy atom. The molecule has 1 amide bonds. The molecule has 106 valence electrons. The molecule has 0 aliphatic carbocycles. The lowest BCUT2D eigenvalue weighted by molar-refractivity contribution is -0.137. The minimum absolute atomic E-state index is 0.135. The second-order valence-corrected chi connectivity index (χ2v) is 4.22. The van der Waals surface area contributed by atoms with E-state index in [1.165, 1.54) is 12.1 Å². The van der Waals surface area contributed by atoms with Crippen molar-refractivity contribution < 1.29 is 23.1 Å². The van der Waals surface area contributed by atoms with Gasteiger partial charge in [-0.05, 0) is 37.1 Å². The molecule has 0 radical (unpaired) electrons. The first-order valence-corrected chi connectivity index (χ1v) is 5.98. The van der Waals surface area contributed by atoms with Gasteiger partial charge in [0.25, 0.3) is 0 Å². The third kappa shape index (κ3) is 5.30. The van der Waals surface area contributed by atoms with E-state index in [9.17, 15) is 23.1 Å². The largest absolute Gasteiger partial charge is 0.416 e. The maximum absolute atomic E-state index is 12.3. The summed E-state index contributed by atoms with van der Waals surface area (Å²) in [5, 5.41) is 11.8. The summed E-state index contributed by atoms with van der Waals surface area (Å²) in [4.78, 5) is 11.5. The molecule has 0 saturated heterocycles. The molecule has 0 saturated carbocycles. The van der Waals surface area contributed by atoms with Crippen molar-refractivity contribution in [1.29, 1.82) is 0 Å². The minimum Gasteiger partial charge on any atom is -0.393 e. The molecule has 0 aromatic heterocycles. The highest BCUT2D eigenvalue weighted by Crippen LogP contribution is 2.29. The van der Waals surface area contributed by atoms with Crippen LogP contribution in [0.3, 0.4) is 0 Å². The van der Waals surface area contributed by atoms with Crippen LogP contribution in [0.4, 0.5) is 18.9 Å². The summed E-state index contributed by atoms with van der Waals surface area (Å²) in [6.07, 6.45) is -3.88. The Morgan fingerprint density at radius 1 is 1.32 bits per heavy atom. The quantitative estimate of drug-likeness (QED) is 0.867. The van der Waals surface area contributed by atoms with E-state index in [4.69, 9.17) is 0 Å². The lowest BCUT2D eigenvalue weighted by Crippen LogP contribution is -2.15. The molecule has 0 heterocycles. The van der Waals surface area contributed by atoms with Gasteiger partial charge in [-0.3, -0.25) is 4.79 Å². The van der Waals surface area contributed by atoms with E-state index >= 15 is 0 Å². The van der Waals surface area contributed by atoms with E-state index in [0.29, 0.717) is 18.5 Å². The summed E-state index contributed by atoms with van der Waals surface area (Å²) in [6.45, 7) is 1.80. The van der Waals surface area contributed by atoms with Crippen LogP contribution >= 0.6 is 0 Å². The van der Waals surface area contributed by atoms with Crippen molar-refractivity contribution in [1.82, 2.24) is 0 Å². The van der Waals surface area contributed by atoms with Crippen molar-refractivity contribution in [3.8, 4) is 0 Å². The van der Waals surface area contributed by atoms with Gasteiger partial charge in [0.05, 0.1) is 11.7 Å². The van der Waals surface area contributed by atoms with Gasteiger partial charge >= 0.3 is 6.18 Å². The zero-order valence-electron chi connectivity index (χ0n) is 10.5. The molecular weight excluding hydrogens is 259 g/mol. The number of amides is 1. The normalized spacial score (nSPS) is 13.1. The number of alkyl halides is 3. The summed E-state index contributed by atoms with van der Waals surface area (Å²) >= 11 is 0. The zero-order valence-corrected chi connectivity index (χ0v) is 10.5. The standard InChI is InChI=1S/C13H16F3NO2/c1-2-11(18)7-8-12(19)17-10-5-3-9(4-6-10)13(14,15)16/h3-6,11,18H,2,7-8H2,1H3,(H,17,19)/t11-/m0/s1. The Hall–Kier alpha value is -1.56. The molecule has 0 fully saturated rings. The summed E-state index contributed by atoms with van der Waals surface area (Å²) < 4.78 is 36.9. The zero-order chi connectivity index (χ0) is 14.5. The van der Waals surface area contributed by atoms with Crippen LogP contribution < -0.4 is 5.32 Å². The fourth-order valence-corrected chi connectivity index (χ4v) is 1.47. The van der Waals surface area contributed by atoms with Crippen molar-refractivity contribution in [3.63, 3.8) is 0 Å². The number of benzene rings is 1. The average Bonchev–Trinajstić information content (AvgIpc) is 2.35. The van der Waals surface area contributed by atoms with Crippen LogP contribution in [0, 0.1) is 0 Å². The minimum atomic E-state index is -4.38. The van der Waals surface area contributed by atoms with Gasteiger partial charge in [-0.15, -0.1) is 0 Å². The van der Waals surface area contributed by atoms with E-state index in [0.717, 1.165) is 12.1 Å². The first kappa shape index (κ1) is 15.5. The Balaban J connectivity index is 2.51. The number of halogens is 3. The van der Waals surface area contributed by atoms with Crippen LogP contribution in [0.2, 0.25) is 0 Å². The second kappa shape index (κ2) is 6.56. The lowest BCUT2D eigenvalue weighted by atomic mass is 10.1. The number of rotatable bonds is 5. The molecule has 6 heteroatoms. The highest BCUT2D eigenvalue weighted by atomic mass is 19.4. The van der Waals surface area contributed by atoms with E-state index in [1.54, 1.807) is 6.92 Å². The van der Waals surface area contributed by atoms with Gasteiger partial charge in [0.1, 0.15) is 0 Å². The molecule has 1 aromatic rings. The predicted octanol–water partition coefficient (Wildman–Crippen LogP) is 3.20. The molecule has 19 heavy (non-hydrogen) atoms. The van der Waals surface area contributed by atoms with Crippen LogP contribution in [-0.2, 0) is 11.0 Å². The summed E-state index contributed by atoms with van der Waals surface area (Å²) in [5.74, 6) is -0.327. The first-order valence-electron chi connectivity index (χ1n) is 5.98. The van der Waals surface area contributed by atoms with Gasteiger partial charge in [0, 0.05) is 12.1 Å². The molecule has 0 aliphatic rings. The first-order chi connectivity index (χ1) is 8.82. The Bertz CT molecular complexity index is 415. The van der Waals surface area contributed by atoms with Crippen molar-refractivity contribution >= 4 is 11.6 Å². The molecule has 1 rings (SSSR count). The lowest BCUT2D eigenvalue weighted by Gasteiger charge is -2.10. The highest BCUT2D eigenvalue weighted by Gasteiger charge is 2.29. The monoisotopic (exact) mass is 275 g/mol. The smallest absolute Gasteiger partial charge is 0.393 e. The topological polar surface area (TPSA) is 49.3 Å². The molecule has 1 aromatic carbocycles. The van der Waals surface area contributed by atoms with Crippen molar-refractivity contribution in [2.45, 2.75) is 38.5 Å². The van der Waals surface area contributed by atoms with Crippen LogP contribution in [0.25, 0.3) is 0 Å². The summed E-state index contributed by atoms with van der Waals surface area (Å²) in [5.41, 5.74) is -0.448. The van der Waals surface area contributed by atoms with Gasteiger partial charge < -0.3 is 10.4 Å². The van der Waals surface area contributed by atoms with Crippen LogP contribution in [0.1, 0.15) is 31.7 Å². The summed E-state index contributed by atoms with van der Waals surface area (Å²) in [7, 11) is 0. The molecule has 2 N–H and O–H groups in total. The van der Waals surface area contributed by atoms with Gasteiger partial charge in [-0.1, -0.05) is 6.92 Å². The number of carbonyl (C=O) groups excluding carboxylic acids is 1. The van der Waals surface area contributed by atoms with Gasteiger partial charge in [0.2, 0.25) is 5.91 Å². The van der Waals surface area contributed by atoms with Crippen LogP contribution in [-0.4, -0.2) is 17.1 Å². The fraction of sp³-hybridized carbons (Fsp3) is 0.462.